The van der Waals surface area contributed by atoms with E-state index in [1.54, 1.807) is 18.2 Å². The van der Waals surface area contributed by atoms with Gasteiger partial charge in [0, 0.05) is 17.5 Å². The summed E-state index contributed by atoms with van der Waals surface area (Å²) in [4.78, 5) is 33.4. The van der Waals surface area contributed by atoms with Crippen LogP contribution in [-0.2, 0) is 9.59 Å². The minimum absolute atomic E-state index is 0.0389. The summed E-state index contributed by atoms with van der Waals surface area (Å²) in [7, 11) is 5.38. The molecule has 8 nitrogen and oxygen atoms in total. The smallest absolute Gasteiger partial charge is 0.284 e. The largest absolute Gasteiger partial charge is 0.333 e. The van der Waals surface area contributed by atoms with Gasteiger partial charge in [0.15, 0.2) is 0 Å². The van der Waals surface area contributed by atoms with Crippen LogP contribution in [-0.4, -0.2) is 54.5 Å². The number of nitrogens with two attached hydrogens (primary N) is 1. The number of hydrogen-bond donors (Lipinski definition) is 2. The zero-order chi connectivity index (χ0) is 26.2. The number of fused-ring (bicyclic) bond motifs is 2. The Labute approximate surface area is 214 Å². The Bertz CT molecular complexity index is 864. The van der Waals surface area contributed by atoms with Crippen LogP contribution < -0.4 is 11.1 Å². The van der Waals surface area contributed by atoms with Gasteiger partial charge in [-0.3, -0.25) is 10.1 Å². The van der Waals surface area contributed by atoms with Crippen LogP contribution in [0.4, 0.5) is 5.69 Å². The third kappa shape index (κ3) is 6.90. The molecule has 5 atom stereocenters. The highest BCUT2D eigenvalue weighted by atomic mass is 32.2. The number of para-hydroxylation sites is 1. The Hall–Kier alpha value is -1.81. The van der Waals surface area contributed by atoms with E-state index in [0.29, 0.717) is 16.9 Å². The van der Waals surface area contributed by atoms with E-state index in [9.17, 15) is 19.7 Å². The fourth-order valence-electron chi connectivity index (χ4n) is 6.11. The molecule has 0 amide bonds. The fraction of sp³-hybridized carbons (Fsp3) is 0.692. The van der Waals surface area contributed by atoms with Crippen molar-refractivity contribution in [1.29, 1.82) is 0 Å². The lowest BCUT2D eigenvalue weighted by atomic mass is 9.58. The number of benzene rings is 1. The molecule has 1 aromatic carbocycles. The van der Waals surface area contributed by atoms with Crippen LogP contribution in [0.5, 0.6) is 0 Å². The maximum atomic E-state index is 11.2. The van der Waals surface area contributed by atoms with Crippen molar-refractivity contribution in [2.45, 2.75) is 75.3 Å². The van der Waals surface area contributed by atoms with Crippen LogP contribution in [0, 0.1) is 33.3 Å². The molecule has 0 aromatic heterocycles. The molecule has 0 radical (unpaired) electrons. The molecular weight excluding hydrogens is 464 g/mol. The molecule has 0 spiro atoms. The van der Waals surface area contributed by atoms with E-state index in [2.05, 4.69) is 31.9 Å². The average Bonchev–Trinajstić information content (AvgIpc) is 2.80. The second-order valence-electron chi connectivity index (χ2n) is 10.5. The van der Waals surface area contributed by atoms with Crippen LogP contribution in [0.3, 0.4) is 0 Å². The number of carbonyl (C=O) groups is 2. The van der Waals surface area contributed by atoms with Crippen LogP contribution in [0.2, 0.25) is 0 Å². The predicted octanol–water partition coefficient (Wildman–Crippen LogP) is 4.47. The first-order chi connectivity index (χ1) is 16.7. The Balaban J connectivity index is 0.000000234. The van der Waals surface area contributed by atoms with E-state index in [1.165, 1.54) is 44.2 Å². The molecule has 3 aliphatic rings. The third-order valence-electron chi connectivity index (χ3n) is 7.93. The Morgan fingerprint density at radius 2 is 1.83 bits per heavy atom. The minimum atomic E-state index is -0.450. The van der Waals surface area contributed by atoms with Crippen molar-refractivity contribution in [3.8, 4) is 0 Å². The summed E-state index contributed by atoms with van der Waals surface area (Å²) in [6.07, 6.45) is 9.66. The SMILES string of the molecule is CN.CN(Sc1ccccc1[N+](=O)[O-])C1(C=O)CCC1.CNC1C(C)CC2CC1CC(C)(C=O)C2. The lowest BCUT2D eigenvalue weighted by Crippen LogP contribution is -2.50. The molecule has 5 unspecified atom stereocenters. The Morgan fingerprint density at radius 1 is 1.17 bits per heavy atom. The van der Waals surface area contributed by atoms with Crippen molar-refractivity contribution in [2.75, 3.05) is 21.1 Å². The first-order valence-corrected chi connectivity index (χ1v) is 13.3. The molecule has 196 valence electrons. The standard InChI is InChI=1S/C13H23NO.C12H14N2O3S.CH5N/c1-9-4-10-5-11(12(9)14-3)7-13(2,6-10)8-15;1-13(12(9-15)7-4-8-12)18-11-6-3-2-5-10(11)14(16)17;1-2/h8-12,14H,4-7H2,1-3H3;2-3,5-6,9H,4,7-8H2,1H3;2H2,1H3. The van der Waals surface area contributed by atoms with Gasteiger partial charge < -0.3 is 20.6 Å². The number of carbonyl (C=O) groups excluding carboxylic acids is 2. The van der Waals surface area contributed by atoms with Gasteiger partial charge >= 0.3 is 0 Å². The topological polar surface area (TPSA) is 119 Å². The lowest BCUT2D eigenvalue weighted by molar-refractivity contribution is -0.387. The van der Waals surface area contributed by atoms with E-state index in [1.807, 2.05) is 11.4 Å². The molecular formula is C26H42N4O4S. The summed E-state index contributed by atoms with van der Waals surface area (Å²) in [6.45, 7) is 4.49. The number of rotatable bonds is 7. The molecule has 3 fully saturated rings. The van der Waals surface area contributed by atoms with Crippen molar-refractivity contribution in [1.82, 2.24) is 9.62 Å². The molecule has 3 N–H and O–H groups in total. The van der Waals surface area contributed by atoms with Gasteiger partial charge in [0.25, 0.3) is 5.69 Å². The van der Waals surface area contributed by atoms with E-state index >= 15 is 0 Å². The first-order valence-electron chi connectivity index (χ1n) is 12.5. The summed E-state index contributed by atoms with van der Waals surface area (Å²) in [5.41, 5.74) is 4.09. The maximum Gasteiger partial charge on any atom is 0.284 e. The van der Waals surface area contributed by atoms with E-state index < -0.39 is 10.5 Å². The van der Waals surface area contributed by atoms with Crippen molar-refractivity contribution >= 4 is 30.2 Å². The summed E-state index contributed by atoms with van der Waals surface area (Å²) in [5, 5.41) is 14.4. The van der Waals surface area contributed by atoms with Gasteiger partial charge in [-0.1, -0.05) is 26.0 Å². The summed E-state index contributed by atoms with van der Waals surface area (Å²) < 4.78 is 1.84. The zero-order valence-corrected chi connectivity index (χ0v) is 22.6. The molecule has 0 saturated heterocycles. The van der Waals surface area contributed by atoms with Gasteiger partial charge in [-0.2, -0.15) is 0 Å². The highest BCUT2D eigenvalue weighted by molar-refractivity contribution is 7.97. The van der Waals surface area contributed by atoms with Crippen LogP contribution in [0.15, 0.2) is 29.2 Å². The summed E-state index contributed by atoms with van der Waals surface area (Å²) in [6, 6.07) is 7.21. The fourth-order valence-corrected chi connectivity index (χ4v) is 7.19. The lowest BCUT2D eigenvalue weighted by Gasteiger charge is -2.49. The molecule has 35 heavy (non-hydrogen) atoms. The number of likely N-dealkylation sites (N-methyl/N-ethyl adjacent to an activating group) is 1. The quantitative estimate of drug-likeness (QED) is 0.241. The van der Waals surface area contributed by atoms with Crippen LogP contribution >= 0.6 is 11.9 Å². The first kappa shape index (κ1) is 29.4. The van der Waals surface area contributed by atoms with Gasteiger partial charge in [0.1, 0.15) is 17.5 Å². The number of nitrogens with one attached hydrogen (secondary N) is 1. The second kappa shape index (κ2) is 12.9. The highest BCUT2D eigenvalue weighted by Crippen LogP contribution is 2.49. The van der Waals surface area contributed by atoms with Crippen molar-refractivity contribution in [3.05, 3.63) is 34.4 Å². The van der Waals surface area contributed by atoms with E-state index in [-0.39, 0.29) is 11.1 Å². The number of nitro groups is 1. The van der Waals surface area contributed by atoms with Gasteiger partial charge in [-0.15, -0.1) is 0 Å². The number of hydrogen-bond acceptors (Lipinski definition) is 8. The van der Waals surface area contributed by atoms with Crippen molar-refractivity contribution in [3.63, 3.8) is 0 Å². The molecule has 0 heterocycles. The van der Waals surface area contributed by atoms with E-state index in [0.717, 1.165) is 50.2 Å². The number of nitro benzene ring substituents is 1. The molecule has 3 aliphatic carbocycles. The van der Waals surface area contributed by atoms with E-state index in [4.69, 9.17) is 0 Å². The van der Waals surface area contributed by atoms with Gasteiger partial charge in [-0.05, 0) is 102 Å². The van der Waals surface area contributed by atoms with Crippen molar-refractivity contribution in [2.24, 2.45) is 28.9 Å². The van der Waals surface area contributed by atoms with Gasteiger partial charge in [0.05, 0.1) is 10.5 Å². The normalized spacial score (nSPS) is 30.5. The summed E-state index contributed by atoms with van der Waals surface area (Å²) >= 11 is 1.27. The monoisotopic (exact) mass is 506 g/mol. The van der Waals surface area contributed by atoms with Crippen LogP contribution in [0.1, 0.15) is 58.8 Å². The maximum absolute atomic E-state index is 11.2. The van der Waals surface area contributed by atoms with Gasteiger partial charge in [0.2, 0.25) is 0 Å². The molecule has 1 aromatic rings. The predicted molar refractivity (Wildman–Crippen MR) is 141 cm³/mol. The third-order valence-corrected chi connectivity index (χ3v) is 9.11. The number of nitrogens with zero attached hydrogens (tertiary/aromatic N) is 2. The Kier molecular flexibility index (Phi) is 10.9. The minimum Gasteiger partial charge on any atom is -0.333 e. The average molecular weight is 507 g/mol. The van der Waals surface area contributed by atoms with Crippen LogP contribution in [0.25, 0.3) is 0 Å². The molecule has 9 heteroatoms. The highest BCUT2D eigenvalue weighted by Gasteiger charge is 2.45. The molecule has 2 bridgehead atoms. The summed E-state index contributed by atoms with van der Waals surface area (Å²) in [5.74, 6) is 2.28. The second-order valence-corrected chi connectivity index (χ2v) is 11.6. The molecule has 0 aliphatic heterocycles. The Morgan fingerprint density at radius 3 is 2.34 bits per heavy atom. The molecule has 3 saturated carbocycles. The van der Waals surface area contributed by atoms with Gasteiger partial charge in [-0.25, -0.2) is 4.31 Å². The number of aldehydes is 2. The zero-order valence-electron chi connectivity index (χ0n) is 21.7. The van der Waals surface area contributed by atoms with Crippen molar-refractivity contribution < 1.29 is 14.5 Å². The molecule has 4 rings (SSSR count).